The quantitative estimate of drug-likeness (QED) is 0.787. The Balaban J connectivity index is 0.00000200. The summed E-state index contributed by atoms with van der Waals surface area (Å²) in [6.07, 6.45) is 1.15. The lowest BCUT2D eigenvalue weighted by Gasteiger charge is -2.25. The zero-order valence-corrected chi connectivity index (χ0v) is 13.0. The third-order valence-electron chi connectivity index (χ3n) is 3.12. The van der Waals surface area contributed by atoms with Gasteiger partial charge in [0, 0.05) is 17.9 Å². The number of hydrogen-bond acceptors (Lipinski definition) is 2. The van der Waals surface area contributed by atoms with E-state index in [4.69, 9.17) is 0 Å². The van der Waals surface area contributed by atoms with Gasteiger partial charge in [-0.15, -0.1) is 12.4 Å². The Hall–Kier alpha value is -1.51. The van der Waals surface area contributed by atoms with Gasteiger partial charge in [0.05, 0.1) is 0 Å². The second-order valence-corrected chi connectivity index (χ2v) is 4.98. The van der Waals surface area contributed by atoms with Crippen LogP contribution in [0.5, 0.6) is 0 Å². The number of para-hydroxylation sites is 2. The molecule has 0 fully saturated rings. The molecule has 20 heavy (non-hydrogen) atoms. The van der Waals surface area contributed by atoms with E-state index < -0.39 is 0 Å². The zero-order valence-electron chi connectivity index (χ0n) is 12.2. The third-order valence-corrected chi connectivity index (χ3v) is 3.12. The molecule has 108 valence electrons. The minimum atomic E-state index is 0. The van der Waals surface area contributed by atoms with Gasteiger partial charge >= 0.3 is 0 Å². The monoisotopic (exact) mass is 290 g/mol. The second kappa shape index (κ2) is 8.62. The molecule has 2 nitrogen and oxygen atoms in total. The smallest absolute Gasteiger partial charge is 0.0410 e. The summed E-state index contributed by atoms with van der Waals surface area (Å²) in [6.45, 7) is 2.14. The summed E-state index contributed by atoms with van der Waals surface area (Å²) in [5, 5.41) is 0. The highest BCUT2D eigenvalue weighted by atomic mass is 35.5. The Morgan fingerprint density at radius 1 is 0.700 bits per heavy atom. The molecule has 0 saturated carbocycles. The number of anilines is 2. The molecular formula is C17H23ClN2. The maximum absolute atomic E-state index is 2.38. The van der Waals surface area contributed by atoms with E-state index in [0.29, 0.717) is 0 Å². The molecule has 3 heteroatoms. The number of halogens is 1. The van der Waals surface area contributed by atoms with Crippen LogP contribution in [0.15, 0.2) is 60.7 Å². The van der Waals surface area contributed by atoms with Gasteiger partial charge in [-0.1, -0.05) is 36.4 Å². The van der Waals surface area contributed by atoms with Gasteiger partial charge in [-0.2, -0.15) is 0 Å². The SMILES string of the molecule is CN(C)CCCN(c1ccccc1)c1ccccc1.Cl. The molecule has 0 radical (unpaired) electrons. The van der Waals surface area contributed by atoms with E-state index in [-0.39, 0.29) is 12.4 Å². The van der Waals surface area contributed by atoms with Crippen LogP contribution < -0.4 is 4.90 Å². The Kier molecular flexibility index (Phi) is 7.13. The predicted octanol–water partition coefficient (Wildman–Crippen LogP) is 4.20. The first-order valence-corrected chi connectivity index (χ1v) is 6.80. The van der Waals surface area contributed by atoms with Crippen molar-refractivity contribution in [1.82, 2.24) is 4.90 Å². The van der Waals surface area contributed by atoms with Crippen molar-refractivity contribution < 1.29 is 0 Å². The van der Waals surface area contributed by atoms with Gasteiger partial charge in [0.2, 0.25) is 0 Å². The lowest BCUT2D eigenvalue weighted by molar-refractivity contribution is 0.402. The molecule has 0 aliphatic rings. The zero-order chi connectivity index (χ0) is 13.5. The van der Waals surface area contributed by atoms with E-state index in [0.717, 1.165) is 19.5 Å². The average molecular weight is 291 g/mol. The maximum atomic E-state index is 2.38. The van der Waals surface area contributed by atoms with Crippen molar-refractivity contribution in [2.75, 3.05) is 32.1 Å². The fourth-order valence-corrected chi connectivity index (χ4v) is 2.17. The number of nitrogens with zero attached hydrogens (tertiary/aromatic N) is 2. The molecule has 2 rings (SSSR count). The number of hydrogen-bond donors (Lipinski definition) is 0. The fourth-order valence-electron chi connectivity index (χ4n) is 2.17. The molecule has 0 saturated heterocycles. The first kappa shape index (κ1) is 16.5. The molecule has 0 aliphatic carbocycles. The number of rotatable bonds is 6. The Labute approximate surface area is 128 Å². The van der Waals surface area contributed by atoms with Crippen LogP contribution in [0.2, 0.25) is 0 Å². The van der Waals surface area contributed by atoms with Crippen molar-refractivity contribution in [2.45, 2.75) is 6.42 Å². The van der Waals surface area contributed by atoms with E-state index >= 15 is 0 Å². The molecule has 0 bridgehead atoms. The Morgan fingerprint density at radius 2 is 1.15 bits per heavy atom. The minimum Gasteiger partial charge on any atom is -0.341 e. The minimum absolute atomic E-state index is 0. The fraction of sp³-hybridized carbons (Fsp3) is 0.294. The van der Waals surface area contributed by atoms with Crippen molar-refractivity contribution in [3.63, 3.8) is 0 Å². The number of benzene rings is 2. The summed E-state index contributed by atoms with van der Waals surface area (Å²) < 4.78 is 0. The maximum Gasteiger partial charge on any atom is 0.0410 e. The molecular weight excluding hydrogens is 268 g/mol. The summed E-state index contributed by atoms with van der Waals surface area (Å²) in [4.78, 5) is 4.61. The van der Waals surface area contributed by atoms with Crippen LogP contribution in [0.1, 0.15) is 6.42 Å². The van der Waals surface area contributed by atoms with Crippen molar-refractivity contribution in [3.8, 4) is 0 Å². The normalized spacial score (nSPS) is 10.2. The molecule has 2 aromatic rings. The molecule has 0 spiro atoms. The summed E-state index contributed by atoms with van der Waals surface area (Å²) in [6, 6.07) is 21.2. The Morgan fingerprint density at radius 3 is 1.55 bits per heavy atom. The van der Waals surface area contributed by atoms with Crippen LogP contribution in [0.3, 0.4) is 0 Å². The highest BCUT2D eigenvalue weighted by molar-refractivity contribution is 5.85. The highest BCUT2D eigenvalue weighted by Gasteiger charge is 2.08. The Bertz CT molecular complexity index is 431. The van der Waals surface area contributed by atoms with Gasteiger partial charge in [-0.05, 0) is 51.3 Å². The van der Waals surface area contributed by atoms with Gasteiger partial charge in [0.15, 0.2) is 0 Å². The summed E-state index contributed by atoms with van der Waals surface area (Å²) >= 11 is 0. The summed E-state index contributed by atoms with van der Waals surface area (Å²) in [5.41, 5.74) is 2.51. The standard InChI is InChI=1S/C17H22N2.ClH/c1-18(2)14-9-15-19(16-10-5-3-6-11-16)17-12-7-4-8-13-17;/h3-8,10-13H,9,14-15H2,1-2H3;1H. The average Bonchev–Trinajstić information content (AvgIpc) is 2.45. The lowest BCUT2D eigenvalue weighted by Crippen LogP contribution is -2.23. The summed E-state index contributed by atoms with van der Waals surface area (Å²) in [7, 11) is 4.24. The van der Waals surface area contributed by atoms with Crippen LogP contribution in [0.25, 0.3) is 0 Å². The first-order valence-electron chi connectivity index (χ1n) is 6.80. The summed E-state index contributed by atoms with van der Waals surface area (Å²) in [5.74, 6) is 0. The van der Waals surface area contributed by atoms with Gasteiger partial charge in [-0.25, -0.2) is 0 Å². The van der Waals surface area contributed by atoms with E-state index in [9.17, 15) is 0 Å². The molecule has 2 aromatic carbocycles. The van der Waals surface area contributed by atoms with E-state index in [1.807, 2.05) is 0 Å². The van der Waals surface area contributed by atoms with E-state index in [1.165, 1.54) is 11.4 Å². The van der Waals surface area contributed by atoms with Crippen LogP contribution in [0.4, 0.5) is 11.4 Å². The van der Waals surface area contributed by atoms with Crippen LogP contribution in [-0.2, 0) is 0 Å². The third kappa shape index (κ3) is 4.87. The molecule has 0 aromatic heterocycles. The predicted molar refractivity (Wildman–Crippen MR) is 90.3 cm³/mol. The molecule has 0 atom stereocenters. The van der Waals surface area contributed by atoms with Gasteiger partial charge in [0.1, 0.15) is 0 Å². The molecule has 0 aliphatic heterocycles. The molecule has 0 amide bonds. The van der Waals surface area contributed by atoms with Crippen molar-refractivity contribution in [1.29, 1.82) is 0 Å². The highest BCUT2D eigenvalue weighted by Crippen LogP contribution is 2.24. The van der Waals surface area contributed by atoms with Gasteiger partial charge in [0.25, 0.3) is 0 Å². The first-order chi connectivity index (χ1) is 9.27. The van der Waals surface area contributed by atoms with Crippen molar-refractivity contribution >= 4 is 23.8 Å². The van der Waals surface area contributed by atoms with Gasteiger partial charge < -0.3 is 9.80 Å². The second-order valence-electron chi connectivity index (χ2n) is 4.98. The van der Waals surface area contributed by atoms with E-state index in [2.05, 4.69) is 84.6 Å². The van der Waals surface area contributed by atoms with Crippen LogP contribution in [-0.4, -0.2) is 32.1 Å². The van der Waals surface area contributed by atoms with Crippen molar-refractivity contribution in [3.05, 3.63) is 60.7 Å². The largest absolute Gasteiger partial charge is 0.341 e. The van der Waals surface area contributed by atoms with Crippen molar-refractivity contribution in [2.24, 2.45) is 0 Å². The van der Waals surface area contributed by atoms with Gasteiger partial charge in [-0.3, -0.25) is 0 Å². The molecule has 0 unspecified atom stereocenters. The van der Waals surface area contributed by atoms with E-state index in [1.54, 1.807) is 0 Å². The van der Waals surface area contributed by atoms with Crippen LogP contribution >= 0.6 is 12.4 Å². The topological polar surface area (TPSA) is 6.48 Å². The molecule has 0 heterocycles. The lowest BCUT2D eigenvalue weighted by atomic mass is 10.2. The van der Waals surface area contributed by atoms with Crippen LogP contribution in [0, 0.1) is 0 Å². The molecule has 0 N–H and O–H groups in total.